The van der Waals surface area contributed by atoms with E-state index in [1.54, 1.807) is 6.07 Å². The molecule has 4 saturated carbocycles. The van der Waals surface area contributed by atoms with Crippen LogP contribution in [0.25, 0.3) is 0 Å². The first-order chi connectivity index (χ1) is 12.5. The summed E-state index contributed by atoms with van der Waals surface area (Å²) in [5, 5.41) is 0. The number of nitrogen functional groups attached to an aromatic ring is 1. The van der Waals surface area contributed by atoms with E-state index in [1.165, 1.54) is 50.2 Å². The molecule has 4 bridgehead atoms. The Bertz CT molecular complexity index is 791. The Hall–Kier alpha value is -2.03. The summed E-state index contributed by atoms with van der Waals surface area (Å²) in [7, 11) is 1.98. The molecule has 2 aromatic carbocycles. The van der Waals surface area contributed by atoms with Gasteiger partial charge in [-0.05, 0) is 97.6 Å². The molecule has 2 nitrogen and oxygen atoms in total. The van der Waals surface area contributed by atoms with Crippen molar-refractivity contribution >= 4 is 17.1 Å². The van der Waals surface area contributed by atoms with Gasteiger partial charge in [0.15, 0.2) is 0 Å². The fourth-order valence-electron chi connectivity index (χ4n) is 6.38. The molecule has 6 rings (SSSR count). The maximum Gasteiger partial charge on any atom is 0.148 e. The lowest BCUT2D eigenvalue weighted by Crippen LogP contribution is -2.48. The molecular formula is C23H27FN2. The molecule has 0 aliphatic heterocycles. The highest BCUT2D eigenvalue weighted by Crippen LogP contribution is 2.60. The predicted octanol–water partition coefficient (Wildman–Crippen LogP) is 5.64. The van der Waals surface area contributed by atoms with Crippen LogP contribution in [0.4, 0.5) is 21.5 Å². The van der Waals surface area contributed by atoms with E-state index >= 15 is 0 Å². The van der Waals surface area contributed by atoms with Gasteiger partial charge in [-0.25, -0.2) is 4.39 Å². The second-order valence-corrected chi connectivity index (χ2v) is 9.01. The van der Waals surface area contributed by atoms with Crippen LogP contribution in [0, 0.1) is 23.6 Å². The molecule has 0 aromatic heterocycles. The molecule has 2 aromatic rings. The van der Waals surface area contributed by atoms with Gasteiger partial charge < -0.3 is 10.6 Å². The lowest BCUT2D eigenvalue weighted by atomic mass is 9.48. The van der Waals surface area contributed by atoms with E-state index in [0.717, 1.165) is 29.1 Å². The maximum absolute atomic E-state index is 13.8. The van der Waals surface area contributed by atoms with Crippen LogP contribution in [0.15, 0.2) is 42.5 Å². The fourth-order valence-corrected chi connectivity index (χ4v) is 6.38. The molecule has 0 unspecified atom stereocenters. The van der Waals surface area contributed by atoms with Crippen molar-refractivity contribution in [3.8, 4) is 0 Å². The average molecular weight is 350 g/mol. The summed E-state index contributed by atoms with van der Waals surface area (Å²) in [6, 6.07) is 14.0. The summed E-state index contributed by atoms with van der Waals surface area (Å²) in [5.74, 6) is 2.52. The van der Waals surface area contributed by atoms with Crippen LogP contribution in [0.1, 0.15) is 44.1 Å². The Morgan fingerprint density at radius 1 is 0.885 bits per heavy atom. The lowest BCUT2D eigenvalue weighted by Gasteiger charge is -2.57. The van der Waals surface area contributed by atoms with Gasteiger partial charge in [0.25, 0.3) is 0 Å². The molecule has 0 saturated heterocycles. The number of benzene rings is 2. The molecule has 136 valence electrons. The number of nitrogens with two attached hydrogens (primary N) is 1. The molecule has 0 atom stereocenters. The van der Waals surface area contributed by atoms with E-state index < -0.39 is 0 Å². The largest absolute Gasteiger partial charge is 0.396 e. The zero-order valence-electron chi connectivity index (χ0n) is 15.4. The van der Waals surface area contributed by atoms with Crippen molar-refractivity contribution in [1.82, 2.24) is 0 Å². The normalized spacial score (nSPS) is 32.0. The second-order valence-electron chi connectivity index (χ2n) is 9.01. The van der Waals surface area contributed by atoms with Gasteiger partial charge in [-0.1, -0.05) is 12.1 Å². The van der Waals surface area contributed by atoms with Gasteiger partial charge >= 0.3 is 0 Å². The average Bonchev–Trinajstić information content (AvgIpc) is 2.62. The molecule has 2 N–H and O–H groups in total. The van der Waals surface area contributed by atoms with E-state index in [-0.39, 0.29) is 11.5 Å². The number of anilines is 3. The SMILES string of the molecule is CN(c1ccc(C23CC4CC(CC(C4)C2)C3)cc1)c1ccc(N)c(F)c1. The van der Waals surface area contributed by atoms with E-state index in [2.05, 4.69) is 24.3 Å². The van der Waals surface area contributed by atoms with Crippen molar-refractivity contribution in [3.63, 3.8) is 0 Å². The van der Waals surface area contributed by atoms with Gasteiger partial charge in [0, 0.05) is 18.4 Å². The molecule has 4 aliphatic carbocycles. The van der Waals surface area contributed by atoms with E-state index in [0.29, 0.717) is 5.41 Å². The van der Waals surface area contributed by atoms with Crippen molar-refractivity contribution in [1.29, 1.82) is 0 Å². The molecule has 4 fully saturated rings. The summed E-state index contributed by atoms with van der Waals surface area (Å²) in [6.07, 6.45) is 8.58. The van der Waals surface area contributed by atoms with Gasteiger partial charge in [0.1, 0.15) is 5.82 Å². The first-order valence-electron chi connectivity index (χ1n) is 9.92. The number of halogens is 1. The summed E-state index contributed by atoms with van der Waals surface area (Å²) in [6.45, 7) is 0. The molecule has 0 amide bonds. The minimum absolute atomic E-state index is 0.194. The summed E-state index contributed by atoms with van der Waals surface area (Å²) in [5.41, 5.74) is 9.65. The number of rotatable bonds is 3. The first-order valence-corrected chi connectivity index (χ1v) is 9.92. The monoisotopic (exact) mass is 350 g/mol. The summed E-state index contributed by atoms with van der Waals surface area (Å²) in [4.78, 5) is 2.02. The van der Waals surface area contributed by atoms with Crippen LogP contribution >= 0.6 is 0 Å². The van der Waals surface area contributed by atoms with Gasteiger partial charge in [-0.2, -0.15) is 0 Å². The van der Waals surface area contributed by atoms with Crippen molar-refractivity contribution < 1.29 is 4.39 Å². The van der Waals surface area contributed by atoms with Crippen molar-refractivity contribution in [3.05, 3.63) is 53.8 Å². The highest BCUT2D eigenvalue weighted by molar-refractivity contribution is 5.65. The predicted molar refractivity (Wildman–Crippen MR) is 105 cm³/mol. The Labute approximate surface area is 155 Å². The Kier molecular flexibility index (Phi) is 3.57. The van der Waals surface area contributed by atoms with E-state index in [9.17, 15) is 4.39 Å². The van der Waals surface area contributed by atoms with Crippen molar-refractivity contribution in [2.45, 2.75) is 43.9 Å². The van der Waals surface area contributed by atoms with Crippen LogP contribution < -0.4 is 10.6 Å². The van der Waals surface area contributed by atoms with Gasteiger partial charge in [-0.15, -0.1) is 0 Å². The Balaban J connectivity index is 1.41. The highest BCUT2D eigenvalue weighted by Gasteiger charge is 2.51. The lowest BCUT2D eigenvalue weighted by molar-refractivity contribution is -0.00518. The molecule has 26 heavy (non-hydrogen) atoms. The minimum atomic E-state index is -0.362. The fraction of sp³-hybridized carbons (Fsp3) is 0.478. The topological polar surface area (TPSA) is 29.3 Å². The number of nitrogens with zero attached hydrogens (tertiary/aromatic N) is 1. The maximum atomic E-state index is 13.8. The Morgan fingerprint density at radius 3 is 1.96 bits per heavy atom. The molecular weight excluding hydrogens is 323 g/mol. The van der Waals surface area contributed by atoms with Crippen LogP contribution in [-0.2, 0) is 5.41 Å². The van der Waals surface area contributed by atoms with Crippen LogP contribution in [0.2, 0.25) is 0 Å². The zero-order chi connectivity index (χ0) is 17.9. The van der Waals surface area contributed by atoms with Gasteiger partial charge in [-0.3, -0.25) is 0 Å². The van der Waals surface area contributed by atoms with Gasteiger partial charge in [0.05, 0.1) is 5.69 Å². The quantitative estimate of drug-likeness (QED) is 0.726. The summed E-state index contributed by atoms with van der Waals surface area (Å²) < 4.78 is 13.8. The molecule has 0 radical (unpaired) electrons. The number of hydrogen-bond acceptors (Lipinski definition) is 2. The van der Waals surface area contributed by atoms with Crippen molar-refractivity contribution in [2.75, 3.05) is 17.7 Å². The zero-order valence-corrected chi connectivity index (χ0v) is 15.4. The van der Waals surface area contributed by atoms with Crippen LogP contribution in [-0.4, -0.2) is 7.05 Å². The Morgan fingerprint density at radius 2 is 1.42 bits per heavy atom. The minimum Gasteiger partial charge on any atom is -0.396 e. The molecule has 0 heterocycles. The standard InChI is InChI=1S/C23H27FN2/c1-26(20-6-7-22(25)21(24)11-20)19-4-2-18(3-5-19)23-12-15-8-16(13-23)10-17(9-15)14-23/h2-7,11,15-17H,8-10,12-14,25H2,1H3. The third-order valence-corrected chi connectivity index (χ3v) is 7.28. The van der Waals surface area contributed by atoms with Gasteiger partial charge in [0.2, 0.25) is 0 Å². The van der Waals surface area contributed by atoms with E-state index in [4.69, 9.17) is 5.73 Å². The van der Waals surface area contributed by atoms with Crippen LogP contribution in [0.5, 0.6) is 0 Å². The van der Waals surface area contributed by atoms with Crippen molar-refractivity contribution in [2.24, 2.45) is 17.8 Å². The number of hydrogen-bond donors (Lipinski definition) is 1. The third kappa shape index (κ3) is 2.52. The smallest absolute Gasteiger partial charge is 0.148 e. The molecule has 4 aliphatic rings. The third-order valence-electron chi connectivity index (χ3n) is 7.28. The molecule has 0 spiro atoms. The highest BCUT2D eigenvalue weighted by atomic mass is 19.1. The molecule has 3 heteroatoms. The second kappa shape index (κ2) is 5.73. The summed E-state index contributed by atoms with van der Waals surface area (Å²) >= 11 is 0. The first kappa shape index (κ1) is 16.2. The van der Waals surface area contributed by atoms with Crippen LogP contribution in [0.3, 0.4) is 0 Å². The van der Waals surface area contributed by atoms with E-state index in [1.807, 2.05) is 18.0 Å².